The molecule has 0 radical (unpaired) electrons. The number of hydrogen-bond acceptors (Lipinski definition) is 3. The third kappa shape index (κ3) is 4.35. The summed E-state index contributed by atoms with van der Waals surface area (Å²) in [7, 11) is 1.61. The van der Waals surface area contributed by atoms with Gasteiger partial charge in [-0.2, -0.15) is 0 Å². The van der Waals surface area contributed by atoms with Gasteiger partial charge in [-0.1, -0.05) is 18.0 Å². The summed E-state index contributed by atoms with van der Waals surface area (Å²) in [6, 6.07) is 5.96. The van der Waals surface area contributed by atoms with Crippen molar-refractivity contribution in [1.29, 1.82) is 0 Å². The van der Waals surface area contributed by atoms with Crippen LogP contribution < -0.4 is 15.8 Å². The molecule has 2 aliphatic rings. The lowest BCUT2D eigenvalue weighted by Crippen LogP contribution is -2.54. The maximum atomic E-state index is 12.5. The van der Waals surface area contributed by atoms with E-state index in [1.165, 1.54) is 19.3 Å². The van der Waals surface area contributed by atoms with E-state index in [1.54, 1.807) is 25.3 Å². The van der Waals surface area contributed by atoms with E-state index in [9.17, 15) is 4.79 Å². The van der Waals surface area contributed by atoms with Crippen LogP contribution in [0.4, 0.5) is 0 Å². The van der Waals surface area contributed by atoms with E-state index < -0.39 is 0 Å². The molecule has 3 rings (SSSR count). The first-order valence-corrected chi connectivity index (χ1v) is 8.82. The fourth-order valence-corrected chi connectivity index (χ4v) is 4.51. The lowest BCUT2D eigenvalue weighted by molar-refractivity contribution is -0.122. The molecule has 3 N–H and O–H groups in total. The Morgan fingerprint density at radius 2 is 2.00 bits per heavy atom. The summed E-state index contributed by atoms with van der Waals surface area (Å²) in [6.07, 6.45) is 5.97. The van der Waals surface area contributed by atoms with Gasteiger partial charge in [0.15, 0.2) is 0 Å². The molecule has 2 bridgehead atoms. The second-order valence-corrected chi connectivity index (χ2v) is 7.35. The van der Waals surface area contributed by atoms with Crippen molar-refractivity contribution in [2.75, 3.05) is 7.11 Å². The first-order chi connectivity index (χ1) is 11.1. The number of hydrogen-bond donors (Lipinski definition) is 2. The zero-order valence-electron chi connectivity index (χ0n) is 14.0. The summed E-state index contributed by atoms with van der Waals surface area (Å²) in [5.74, 6) is 1.81. The Bertz CT molecular complexity index is 568. The molecule has 1 aromatic carbocycles. The molecule has 1 aromatic rings. The number of amides is 1. The maximum Gasteiger partial charge on any atom is 0.224 e. The van der Waals surface area contributed by atoms with Crippen LogP contribution in [0.25, 0.3) is 0 Å². The number of rotatable bonds is 4. The molecule has 24 heavy (non-hydrogen) atoms. The van der Waals surface area contributed by atoms with Crippen LogP contribution in [0.15, 0.2) is 18.2 Å². The minimum atomic E-state index is 0. The Labute approximate surface area is 154 Å². The number of nitrogens with one attached hydrogen (secondary N) is 1. The Morgan fingerprint density at radius 3 is 2.62 bits per heavy atom. The van der Waals surface area contributed by atoms with E-state index in [2.05, 4.69) is 5.32 Å². The first-order valence-electron chi connectivity index (χ1n) is 8.44. The third-order valence-electron chi connectivity index (χ3n) is 5.30. The molecule has 0 aliphatic heterocycles. The van der Waals surface area contributed by atoms with Gasteiger partial charge in [0.2, 0.25) is 5.91 Å². The van der Waals surface area contributed by atoms with Crippen LogP contribution in [-0.2, 0) is 11.2 Å². The minimum Gasteiger partial charge on any atom is -0.496 e. The predicted octanol–water partition coefficient (Wildman–Crippen LogP) is 3.34. The van der Waals surface area contributed by atoms with Crippen molar-refractivity contribution in [3.05, 3.63) is 28.8 Å². The van der Waals surface area contributed by atoms with E-state index >= 15 is 0 Å². The topological polar surface area (TPSA) is 64.3 Å². The molecule has 2 fully saturated rings. The smallest absolute Gasteiger partial charge is 0.224 e. The number of carbonyl (C=O) groups excluding carboxylic acids is 1. The van der Waals surface area contributed by atoms with Crippen molar-refractivity contribution >= 4 is 29.9 Å². The van der Waals surface area contributed by atoms with E-state index in [1.807, 2.05) is 0 Å². The van der Waals surface area contributed by atoms with Crippen LogP contribution in [-0.4, -0.2) is 25.1 Å². The lowest BCUT2D eigenvalue weighted by atomic mass is 9.67. The second-order valence-electron chi connectivity index (χ2n) is 6.91. The SMILES string of the molecule is COc1ccc(Cl)cc1CC(=O)NC1C2CCCC1CC(N)C2.Cl. The molecule has 2 atom stereocenters. The molecule has 6 heteroatoms. The molecule has 2 unspecified atom stereocenters. The highest BCUT2D eigenvalue weighted by atomic mass is 35.5. The molecular formula is C18H26Cl2N2O2. The van der Waals surface area contributed by atoms with Crippen LogP contribution in [0.2, 0.25) is 5.02 Å². The van der Waals surface area contributed by atoms with E-state index in [0.29, 0.717) is 35.1 Å². The van der Waals surface area contributed by atoms with Gasteiger partial charge in [-0.15, -0.1) is 12.4 Å². The van der Waals surface area contributed by atoms with Crippen LogP contribution >= 0.6 is 24.0 Å². The van der Waals surface area contributed by atoms with Crippen LogP contribution in [0.3, 0.4) is 0 Å². The predicted molar refractivity (Wildman–Crippen MR) is 98.9 cm³/mol. The quantitative estimate of drug-likeness (QED) is 0.851. The zero-order valence-corrected chi connectivity index (χ0v) is 15.5. The number of halogens is 2. The van der Waals surface area contributed by atoms with Gasteiger partial charge < -0.3 is 15.8 Å². The molecule has 0 aromatic heterocycles. The van der Waals surface area contributed by atoms with E-state index in [-0.39, 0.29) is 24.4 Å². The van der Waals surface area contributed by atoms with Gasteiger partial charge in [-0.25, -0.2) is 0 Å². The number of methoxy groups -OCH3 is 1. The second kappa shape index (κ2) is 8.41. The lowest BCUT2D eigenvalue weighted by Gasteiger charge is -2.45. The summed E-state index contributed by atoms with van der Waals surface area (Å²) >= 11 is 6.04. The monoisotopic (exact) mass is 372 g/mol. The largest absolute Gasteiger partial charge is 0.496 e. The van der Waals surface area contributed by atoms with Gasteiger partial charge in [-0.3, -0.25) is 4.79 Å². The molecule has 2 saturated carbocycles. The molecule has 0 heterocycles. The summed E-state index contributed by atoms with van der Waals surface area (Å²) < 4.78 is 5.32. The molecule has 134 valence electrons. The highest BCUT2D eigenvalue weighted by molar-refractivity contribution is 6.30. The number of nitrogens with two attached hydrogens (primary N) is 1. The summed E-state index contributed by atoms with van der Waals surface area (Å²) in [5.41, 5.74) is 6.98. The maximum absolute atomic E-state index is 12.5. The standard InChI is InChI=1S/C18H25ClN2O2.ClH/c1-23-16-6-5-14(19)7-13(16)10-17(22)21-18-11-3-2-4-12(18)9-15(20)8-11;/h5-7,11-12,15,18H,2-4,8-10,20H2,1H3,(H,21,22);1H. The fourth-order valence-electron chi connectivity index (χ4n) is 4.32. The Balaban J connectivity index is 0.00000208. The van der Waals surface area contributed by atoms with E-state index in [0.717, 1.165) is 18.4 Å². The summed E-state index contributed by atoms with van der Waals surface area (Å²) in [6.45, 7) is 0. The first kappa shape index (κ1) is 19.4. The average molecular weight is 373 g/mol. The highest BCUT2D eigenvalue weighted by Gasteiger charge is 2.39. The van der Waals surface area contributed by atoms with Crippen LogP contribution in [0.5, 0.6) is 5.75 Å². The van der Waals surface area contributed by atoms with Crippen molar-refractivity contribution in [2.24, 2.45) is 17.6 Å². The van der Waals surface area contributed by atoms with Crippen molar-refractivity contribution in [1.82, 2.24) is 5.32 Å². The minimum absolute atomic E-state index is 0. The Hall–Kier alpha value is -0.970. The van der Waals surface area contributed by atoms with Gasteiger partial charge in [0, 0.05) is 22.7 Å². The van der Waals surface area contributed by atoms with Crippen molar-refractivity contribution in [3.63, 3.8) is 0 Å². The molecule has 2 aliphatic carbocycles. The van der Waals surface area contributed by atoms with Crippen LogP contribution in [0, 0.1) is 11.8 Å². The molecule has 0 saturated heterocycles. The third-order valence-corrected chi connectivity index (χ3v) is 5.53. The van der Waals surface area contributed by atoms with Gasteiger partial charge >= 0.3 is 0 Å². The van der Waals surface area contributed by atoms with Gasteiger partial charge in [-0.05, 0) is 55.7 Å². The number of benzene rings is 1. The molecular weight excluding hydrogens is 347 g/mol. The average Bonchev–Trinajstić information content (AvgIpc) is 2.48. The number of carbonyl (C=O) groups is 1. The highest BCUT2D eigenvalue weighted by Crippen LogP contribution is 2.39. The molecule has 4 nitrogen and oxygen atoms in total. The normalized spacial score (nSPS) is 28.6. The van der Waals surface area contributed by atoms with Crippen molar-refractivity contribution in [2.45, 2.75) is 50.6 Å². The Morgan fingerprint density at radius 1 is 1.33 bits per heavy atom. The van der Waals surface area contributed by atoms with Gasteiger partial charge in [0.05, 0.1) is 13.5 Å². The zero-order chi connectivity index (χ0) is 16.4. The van der Waals surface area contributed by atoms with Crippen molar-refractivity contribution < 1.29 is 9.53 Å². The van der Waals surface area contributed by atoms with Gasteiger partial charge in [0.1, 0.15) is 5.75 Å². The van der Waals surface area contributed by atoms with Crippen LogP contribution in [0.1, 0.15) is 37.7 Å². The fraction of sp³-hybridized carbons (Fsp3) is 0.611. The molecule has 1 amide bonds. The Kier molecular flexibility index (Phi) is 6.79. The molecule has 0 spiro atoms. The summed E-state index contributed by atoms with van der Waals surface area (Å²) in [4.78, 5) is 12.5. The number of fused-ring (bicyclic) bond motifs is 2. The summed E-state index contributed by atoms with van der Waals surface area (Å²) in [5, 5.41) is 3.89. The van der Waals surface area contributed by atoms with Gasteiger partial charge in [0.25, 0.3) is 0 Å². The van der Waals surface area contributed by atoms with Crippen molar-refractivity contribution in [3.8, 4) is 5.75 Å². The van der Waals surface area contributed by atoms with E-state index in [4.69, 9.17) is 22.1 Å². The number of ether oxygens (including phenoxy) is 1.